The number of benzene rings is 1. The van der Waals surface area contributed by atoms with Gasteiger partial charge in [-0.3, -0.25) is 10.1 Å². The van der Waals surface area contributed by atoms with E-state index < -0.39 is 22.1 Å². The van der Waals surface area contributed by atoms with Crippen molar-refractivity contribution in [1.29, 1.82) is 0 Å². The first-order chi connectivity index (χ1) is 7.83. The van der Waals surface area contributed by atoms with Crippen LogP contribution in [0.1, 0.15) is 19.4 Å². The molecule has 4 nitrogen and oxygen atoms in total. The van der Waals surface area contributed by atoms with Crippen LogP contribution < -0.4 is 5.32 Å². The van der Waals surface area contributed by atoms with Gasteiger partial charge in [0.05, 0.1) is 6.54 Å². The number of hydrogen-bond acceptors (Lipinski definition) is 3. The van der Waals surface area contributed by atoms with Crippen molar-refractivity contribution >= 4 is 0 Å². The first kappa shape index (κ1) is 13.5. The molecule has 1 aromatic rings. The van der Waals surface area contributed by atoms with Gasteiger partial charge in [0.1, 0.15) is 11.6 Å². The van der Waals surface area contributed by atoms with Crippen molar-refractivity contribution in [2.75, 3.05) is 6.54 Å². The van der Waals surface area contributed by atoms with Crippen molar-refractivity contribution in [3.8, 4) is 0 Å². The summed E-state index contributed by atoms with van der Waals surface area (Å²) in [5, 5.41) is 13.4. The SMILES string of the molecule is CC(C)(CNCc1ccc(F)cc1F)[N+](=O)[O-]. The Kier molecular flexibility index (Phi) is 4.11. The maximum Gasteiger partial charge on any atom is 0.229 e. The van der Waals surface area contributed by atoms with Crippen LogP contribution in [-0.4, -0.2) is 17.0 Å². The van der Waals surface area contributed by atoms with E-state index in [1.807, 2.05) is 0 Å². The average molecular weight is 244 g/mol. The Labute approximate surface area is 97.8 Å². The third-order valence-electron chi connectivity index (χ3n) is 2.38. The van der Waals surface area contributed by atoms with E-state index in [4.69, 9.17) is 0 Å². The predicted octanol–water partition coefficient (Wildman–Crippen LogP) is 2.11. The third-order valence-corrected chi connectivity index (χ3v) is 2.38. The predicted molar refractivity (Wildman–Crippen MR) is 59.1 cm³/mol. The van der Waals surface area contributed by atoms with E-state index in [9.17, 15) is 18.9 Å². The zero-order chi connectivity index (χ0) is 13.1. The minimum Gasteiger partial charge on any atom is -0.306 e. The second-order valence-corrected chi connectivity index (χ2v) is 4.41. The van der Waals surface area contributed by atoms with Crippen molar-refractivity contribution in [2.45, 2.75) is 25.9 Å². The van der Waals surface area contributed by atoms with Crippen LogP contribution in [-0.2, 0) is 6.54 Å². The highest BCUT2D eigenvalue weighted by atomic mass is 19.1. The van der Waals surface area contributed by atoms with Crippen LogP contribution in [0.3, 0.4) is 0 Å². The Balaban J connectivity index is 2.54. The summed E-state index contributed by atoms with van der Waals surface area (Å²) in [4.78, 5) is 10.2. The van der Waals surface area contributed by atoms with E-state index in [1.54, 1.807) is 0 Å². The van der Waals surface area contributed by atoms with Crippen LogP contribution in [0, 0.1) is 21.7 Å². The summed E-state index contributed by atoms with van der Waals surface area (Å²) < 4.78 is 25.8. The Hall–Kier alpha value is -1.56. The quantitative estimate of drug-likeness (QED) is 0.637. The van der Waals surface area contributed by atoms with E-state index in [1.165, 1.54) is 19.9 Å². The summed E-state index contributed by atoms with van der Waals surface area (Å²) >= 11 is 0. The van der Waals surface area contributed by atoms with Crippen LogP contribution >= 0.6 is 0 Å². The number of nitrogens with one attached hydrogen (secondary N) is 1. The third kappa shape index (κ3) is 3.74. The Morgan fingerprint density at radius 3 is 2.59 bits per heavy atom. The topological polar surface area (TPSA) is 55.2 Å². The Morgan fingerprint density at radius 1 is 1.41 bits per heavy atom. The average Bonchev–Trinajstić information content (AvgIpc) is 2.21. The van der Waals surface area contributed by atoms with Gasteiger partial charge in [-0.05, 0) is 6.07 Å². The fourth-order valence-corrected chi connectivity index (χ4v) is 1.23. The molecular formula is C11H14F2N2O2. The Morgan fingerprint density at radius 2 is 2.06 bits per heavy atom. The lowest BCUT2D eigenvalue weighted by molar-refractivity contribution is -0.558. The van der Waals surface area contributed by atoms with Crippen LogP contribution in [0.4, 0.5) is 8.78 Å². The fourth-order valence-electron chi connectivity index (χ4n) is 1.23. The highest BCUT2D eigenvalue weighted by Crippen LogP contribution is 2.10. The molecule has 0 saturated carbocycles. The van der Waals surface area contributed by atoms with Gasteiger partial charge in [0.2, 0.25) is 5.54 Å². The van der Waals surface area contributed by atoms with Gasteiger partial charge >= 0.3 is 0 Å². The fraction of sp³-hybridized carbons (Fsp3) is 0.455. The van der Waals surface area contributed by atoms with Crippen LogP contribution in [0.5, 0.6) is 0 Å². The van der Waals surface area contributed by atoms with Crippen LogP contribution in [0.25, 0.3) is 0 Å². The molecule has 0 unspecified atom stereocenters. The zero-order valence-electron chi connectivity index (χ0n) is 9.67. The monoisotopic (exact) mass is 244 g/mol. The van der Waals surface area contributed by atoms with Gasteiger partial charge in [-0.25, -0.2) is 8.78 Å². The summed E-state index contributed by atoms with van der Waals surface area (Å²) in [7, 11) is 0. The van der Waals surface area contributed by atoms with E-state index in [0.29, 0.717) is 0 Å². The Bertz CT molecular complexity index is 422. The molecule has 17 heavy (non-hydrogen) atoms. The molecule has 1 aromatic carbocycles. The van der Waals surface area contributed by atoms with Gasteiger partial charge in [0.15, 0.2) is 0 Å². The molecule has 0 amide bonds. The maximum absolute atomic E-state index is 13.2. The van der Waals surface area contributed by atoms with Gasteiger partial charge in [-0.2, -0.15) is 0 Å². The summed E-state index contributed by atoms with van der Waals surface area (Å²) in [5.41, 5.74) is -0.832. The molecule has 94 valence electrons. The molecule has 0 atom stereocenters. The number of nitrogens with zero attached hydrogens (tertiary/aromatic N) is 1. The molecule has 0 radical (unpaired) electrons. The molecule has 1 rings (SSSR count). The van der Waals surface area contributed by atoms with Crippen molar-refractivity contribution < 1.29 is 13.7 Å². The minimum atomic E-state index is -1.11. The molecular weight excluding hydrogens is 230 g/mol. The summed E-state index contributed by atoms with van der Waals surface area (Å²) in [6.45, 7) is 3.18. The number of nitro groups is 1. The summed E-state index contributed by atoms with van der Waals surface area (Å²) in [6.07, 6.45) is 0. The number of halogens is 2. The number of rotatable bonds is 5. The smallest absolute Gasteiger partial charge is 0.229 e. The van der Waals surface area contributed by atoms with Gasteiger partial charge in [0.25, 0.3) is 0 Å². The lowest BCUT2D eigenvalue weighted by atomic mass is 10.1. The normalized spacial score (nSPS) is 11.5. The molecule has 0 aromatic heterocycles. The summed E-state index contributed by atoms with van der Waals surface area (Å²) in [5.74, 6) is -1.30. The lowest BCUT2D eigenvalue weighted by Crippen LogP contribution is -2.41. The van der Waals surface area contributed by atoms with Crippen LogP contribution in [0.2, 0.25) is 0 Å². The van der Waals surface area contributed by atoms with Gasteiger partial charge in [-0.1, -0.05) is 6.07 Å². The first-order valence-electron chi connectivity index (χ1n) is 5.12. The maximum atomic E-state index is 13.2. The van der Waals surface area contributed by atoms with E-state index in [0.717, 1.165) is 12.1 Å². The molecule has 0 heterocycles. The molecule has 0 bridgehead atoms. The van der Waals surface area contributed by atoms with Gasteiger partial charge < -0.3 is 5.32 Å². The second kappa shape index (κ2) is 5.18. The first-order valence-corrected chi connectivity index (χ1v) is 5.12. The standard InChI is InChI=1S/C11H14F2N2O2/c1-11(2,15(16)17)7-14-6-8-3-4-9(12)5-10(8)13/h3-5,14H,6-7H2,1-2H3. The molecule has 0 spiro atoms. The van der Waals surface area contributed by atoms with Crippen molar-refractivity contribution in [3.63, 3.8) is 0 Å². The van der Waals surface area contributed by atoms with E-state index in [-0.39, 0.29) is 18.7 Å². The zero-order valence-corrected chi connectivity index (χ0v) is 9.67. The number of hydrogen-bond donors (Lipinski definition) is 1. The van der Waals surface area contributed by atoms with Crippen LogP contribution in [0.15, 0.2) is 18.2 Å². The van der Waals surface area contributed by atoms with Crippen molar-refractivity contribution in [3.05, 3.63) is 45.5 Å². The highest BCUT2D eigenvalue weighted by Gasteiger charge is 2.29. The second-order valence-electron chi connectivity index (χ2n) is 4.41. The summed E-state index contributed by atoms with van der Waals surface area (Å²) in [6, 6.07) is 3.26. The molecule has 0 fully saturated rings. The molecule has 0 saturated heterocycles. The lowest BCUT2D eigenvalue weighted by Gasteiger charge is -2.16. The minimum absolute atomic E-state index is 0.108. The van der Waals surface area contributed by atoms with Crippen molar-refractivity contribution in [1.82, 2.24) is 5.32 Å². The molecule has 6 heteroatoms. The molecule has 0 aliphatic rings. The van der Waals surface area contributed by atoms with Gasteiger partial charge in [0, 0.05) is 36.9 Å². The van der Waals surface area contributed by atoms with Crippen molar-refractivity contribution in [2.24, 2.45) is 0 Å². The van der Waals surface area contributed by atoms with E-state index in [2.05, 4.69) is 5.32 Å². The molecule has 0 aliphatic heterocycles. The van der Waals surface area contributed by atoms with Gasteiger partial charge in [-0.15, -0.1) is 0 Å². The van der Waals surface area contributed by atoms with E-state index >= 15 is 0 Å². The highest BCUT2D eigenvalue weighted by molar-refractivity contribution is 5.18. The molecule has 1 N–H and O–H groups in total. The molecule has 0 aliphatic carbocycles. The largest absolute Gasteiger partial charge is 0.306 e.